The van der Waals surface area contributed by atoms with Crippen LogP contribution in [0.4, 0.5) is 0 Å². The minimum absolute atomic E-state index is 0.0481. The monoisotopic (exact) mass is 224 g/mol. The fraction of sp³-hybridized carbons (Fsp3) is 0.818. The number of fused-ring (bicyclic) bond motifs is 1. The lowest BCUT2D eigenvalue weighted by Crippen LogP contribution is -2.60. The van der Waals surface area contributed by atoms with Gasteiger partial charge >= 0.3 is 0 Å². The smallest absolute Gasteiger partial charge is 0.261 e. The Kier molecular flexibility index (Phi) is 3.14. The molecule has 90 valence electrons. The standard InChI is InChI=1S/C11H20N4O/c1-4-5-6-15-11(16)10-7-9(2)12-14(10)8-13(15)3/h10H,4-8H2,1-3H3. The molecule has 2 aliphatic rings. The van der Waals surface area contributed by atoms with Crippen LogP contribution in [0.3, 0.4) is 0 Å². The van der Waals surface area contributed by atoms with Crippen molar-refractivity contribution in [2.45, 2.75) is 39.2 Å². The zero-order valence-electron chi connectivity index (χ0n) is 10.3. The van der Waals surface area contributed by atoms with Crippen LogP contribution < -0.4 is 0 Å². The Labute approximate surface area is 96.7 Å². The highest BCUT2D eigenvalue weighted by Crippen LogP contribution is 2.23. The Morgan fingerprint density at radius 2 is 2.25 bits per heavy atom. The van der Waals surface area contributed by atoms with Crippen molar-refractivity contribution in [3.63, 3.8) is 0 Å². The second-order valence-electron chi connectivity index (χ2n) is 4.61. The lowest BCUT2D eigenvalue weighted by molar-refractivity contribution is -0.170. The number of carbonyl (C=O) groups excluding carboxylic acids is 1. The predicted molar refractivity (Wildman–Crippen MR) is 62.6 cm³/mol. The minimum atomic E-state index is -0.0481. The molecule has 0 aliphatic carbocycles. The summed E-state index contributed by atoms with van der Waals surface area (Å²) in [5.74, 6) is 0.197. The van der Waals surface area contributed by atoms with E-state index in [0.717, 1.165) is 38.2 Å². The summed E-state index contributed by atoms with van der Waals surface area (Å²) in [6.07, 6.45) is 2.96. The topological polar surface area (TPSA) is 39.2 Å². The quantitative estimate of drug-likeness (QED) is 0.714. The van der Waals surface area contributed by atoms with E-state index < -0.39 is 0 Å². The van der Waals surface area contributed by atoms with E-state index in [-0.39, 0.29) is 11.9 Å². The van der Waals surface area contributed by atoms with Crippen LogP contribution in [0.25, 0.3) is 0 Å². The van der Waals surface area contributed by atoms with Crippen molar-refractivity contribution < 1.29 is 4.79 Å². The van der Waals surface area contributed by atoms with Crippen molar-refractivity contribution in [1.29, 1.82) is 0 Å². The van der Waals surface area contributed by atoms with Gasteiger partial charge in [0.15, 0.2) is 0 Å². The molecular weight excluding hydrogens is 204 g/mol. The molecule has 0 aromatic heterocycles. The summed E-state index contributed by atoms with van der Waals surface area (Å²) in [4.78, 5) is 12.2. The lowest BCUT2D eigenvalue weighted by Gasteiger charge is -2.42. The van der Waals surface area contributed by atoms with Crippen molar-refractivity contribution in [2.24, 2.45) is 5.10 Å². The van der Waals surface area contributed by atoms with E-state index in [2.05, 4.69) is 12.0 Å². The molecule has 0 radical (unpaired) electrons. The van der Waals surface area contributed by atoms with Crippen LogP contribution >= 0.6 is 0 Å². The molecule has 2 aliphatic heterocycles. The van der Waals surface area contributed by atoms with Gasteiger partial charge in [-0.2, -0.15) is 5.10 Å². The third kappa shape index (κ3) is 1.91. The van der Waals surface area contributed by atoms with E-state index in [1.165, 1.54) is 0 Å². The maximum atomic E-state index is 12.2. The Hall–Kier alpha value is -1.10. The van der Waals surface area contributed by atoms with Crippen molar-refractivity contribution >= 4 is 11.6 Å². The average molecular weight is 224 g/mol. The highest BCUT2D eigenvalue weighted by Gasteiger charge is 2.40. The molecule has 16 heavy (non-hydrogen) atoms. The molecule has 0 spiro atoms. The molecule has 1 atom stereocenters. The molecule has 0 bridgehead atoms. The highest BCUT2D eigenvalue weighted by molar-refractivity contribution is 5.93. The molecule has 2 rings (SSSR count). The van der Waals surface area contributed by atoms with Crippen LogP contribution in [0.1, 0.15) is 33.1 Å². The maximum absolute atomic E-state index is 12.2. The van der Waals surface area contributed by atoms with Crippen LogP contribution in [0.5, 0.6) is 0 Å². The van der Waals surface area contributed by atoms with Gasteiger partial charge in [0.1, 0.15) is 12.7 Å². The first kappa shape index (κ1) is 11.4. The zero-order chi connectivity index (χ0) is 11.7. The fourth-order valence-corrected chi connectivity index (χ4v) is 2.28. The number of hydrazone groups is 1. The first-order chi connectivity index (χ1) is 7.63. The third-order valence-corrected chi connectivity index (χ3v) is 3.17. The molecule has 0 N–H and O–H groups in total. The number of unbranched alkanes of at least 4 members (excludes halogenated alkanes) is 1. The van der Waals surface area contributed by atoms with E-state index in [1.807, 2.05) is 29.0 Å². The minimum Gasteiger partial charge on any atom is -0.272 e. The summed E-state index contributed by atoms with van der Waals surface area (Å²) in [7, 11) is 1.95. The Bertz CT molecular complexity index is 315. The van der Waals surface area contributed by atoms with E-state index >= 15 is 0 Å². The van der Waals surface area contributed by atoms with E-state index in [0.29, 0.717) is 0 Å². The largest absolute Gasteiger partial charge is 0.272 e. The summed E-state index contributed by atoms with van der Waals surface area (Å²) in [5.41, 5.74) is 1.06. The Morgan fingerprint density at radius 1 is 1.50 bits per heavy atom. The predicted octanol–water partition coefficient (Wildman–Crippen LogP) is 0.883. The van der Waals surface area contributed by atoms with Gasteiger partial charge in [-0.15, -0.1) is 0 Å². The van der Waals surface area contributed by atoms with Crippen molar-refractivity contribution in [2.75, 3.05) is 20.3 Å². The average Bonchev–Trinajstić information content (AvgIpc) is 2.59. The summed E-state index contributed by atoms with van der Waals surface area (Å²) < 4.78 is 0. The van der Waals surface area contributed by atoms with E-state index in [1.54, 1.807) is 0 Å². The molecule has 0 saturated carbocycles. The summed E-state index contributed by atoms with van der Waals surface area (Å²) in [5, 5.41) is 10.1. The molecule has 1 amide bonds. The summed E-state index contributed by atoms with van der Waals surface area (Å²) in [6.45, 7) is 5.68. The van der Waals surface area contributed by atoms with E-state index in [4.69, 9.17) is 0 Å². The van der Waals surface area contributed by atoms with Crippen LogP contribution in [-0.4, -0.2) is 52.9 Å². The van der Waals surface area contributed by atoms with Gasteiger partial charge in [-0.25, -0.2) is 5.01 Å². The SMILES string of the molecule is CCCCN1C(=O)C2CC(C)=NN2CN1C. The third-order valence-electron chi connectivity index (χ3n) is 3.17. The highest BCUT2D eigenvalue weighted by atomic mass is 16.2. The maximum Gasteiger partial charge on any atom is 0.261 e. The van der Waals surface area contributed by atoms with Crippen LogP contribution in [0.15, 0.2) is 5.10 Å². The lowest BCUT2D eigenvalue weighted by atomic mass is 10.1. The Balaban J connectivity index is 2.06. The van der Waals surface area contributed by atoms with Gasteiger partial charge in [0, 0.05) is 25.7 Å². The summed E-state index contributed by atoms with van der Waals surface area (Å²) >= 11 is 0. The first-order valence-corrected chi connectivity index (χ1v) is 5.96. The number of amides is 1. The van der Waals surface area contributed by atoms with Gasteiger partial charge < -0.3 is 0 Å². The molecule has 5 nitrogen and oxygen atoms in total. The van der Waals surface area contributed by atoms with Gasteiger partial charge in [-0.05, 0) is 13.3 Å². The molecule has 1 unspecified atom stereocenters. The second kappa shape index (κ2) is 4.41. The van der Waals surface area contributed by atoms with Crippen molar-refractivity contribution in [3.8, 4) is 0 Å². The normalized spacial score (nSPS) is 26.1. The number of carbonyl (C=O) groups is 1. The van der Waals surface area contributed by atoms with Gasteiger partial charge in [-0.1, -0.05) is 13.3 Å². The Morgan fingerprint density at radius 3 is 2.94 bits per heavy atom. The molecule has 0 aromatic rings. The fourth-order valence-electron chi connectivity index (χ4n) is 2.28. The molecule has 1 saturated heterocycles. The zero-order valence-corrected chi connectivity index (χ0v) is 10.3. The molecule has 1 fully saturated rings. The molecular formula is C11H20N4O. The van der Waals surface area contributed by atoms with Crippen LogP contribution in [-0.2, 0) is 4.79 Å². The number of hydrogen-bond acceptors (Lipinski definition) is 4. The van der Waals surface area contributed by atoms with Gasteiger partial charge in [0.2, 0.25) is 0 Å². The number of rotatable bonds is 3. The second-order valence-corrected chi connectivity index (χ2v) is 4.61. The van der Waals surface area contributed by atoms with Crippen LogP contribution in [0.2, 0.25) is 0 Å². The first-order valence-electron chi connectivity index (χ1n) is 5.96. The number of hydrogen-bond donors (Lipinski definition) is 0. The molecule has 5 heteroatoms. The summed E-state index contributed by atoms with van der Waals surface area (Å²) in [6, 6.07) is -0.0481. The molecule has 2 heterocycles. The number of nitrogens with zero attached hydrogens (tertiary/aromatic N) is 4. The van der Waals surface area contributed by atoms with Crippen molar-refractivity contribution in [1.82, 2.24) is 15.0 Å². The van der Waals surface area contributed by atoms with Crippen molar-refractivity contribution in [3.05, 3.63) is 0 Å². The van der Waals surface area contributed by atoms with Gasteiger partial charge in [0.25, 0.3) is 5.91 Å². The number of hydrazine groups is 1. The molecule has 0 aromatic carbocycles. The van der Waals surface area contributed by atoms with Crippen LogP contribution in [0, 0.1) is 0 Å². The van der Waals surface area contributed by atoms with Gasteiger partial charge in [0.05, 0.1) is 0 Å². The van der Waals surface area contributed by atoms with E-state index in [9.17, 15) is 4.79 Å². The van der Waals surface area contributed by atoms with Gasteiger partial charge in [-0.3, -0.25) is 14.8 Å².